The van der Waals surface area contributed by atoms with Crippen LogP contribution in [0.5, 0.6) is 0 Å². The van der Waals surface area contributed by atoms with Gasteiger partial charge in [-0.2, -0.15) is 0 Å². The van der Waals surface area contributed by atoms with Crippen LogP contribution in [-0.4, -0.2) is 34.9 Å². The predicted molar refractivity (Wildman–Crippen MR) is 62.6 cm³/mol. The lowest BCUT2D eigenvalue weighted by Crippen LogP contribution is -2.12. The number of carbonyl (C=O) groups excluding carboxylic acids is 1. The molecule has 0 aromatic heterocycles. The third-order valence-corrected chi connectivity index (χ3v) is 2.38. The summed E-state index contributed by atoms with van der Waals surface area (Å²) in [5, 5.41) is 17.7. The van der Waals surface area contributed by atoms with Crippen LogP contribution >= 0.6 is 0 Å². The van der Waals surface area contributed by atoms with Crippen LogP contribution in [0, 0.1) is 0 Å². The molecule has 0 aliphatic heterocycles. The van der Waals surface area contributed by atoms with Crippen molar-refractivity contribution in [2.45, 2.75) is 58.0 Å². The maximum atomic E-state index is 11.0. The zero-order valence-corrected chi connectivity index (χ0v) is 10.4. The van der Waals surface area contributed by atoms with Crippen LogP contribution < -0.4 is 0 Å². The van der Waals surface area contributed by atoms with E-state index in [0.717, 1.165) is 25.7 Å². The van der Waals surface area contributed by atoms with Gasteiger partial charge in [-0.3, -0.25) is 9.59 Å². The Morgan fingerprint density at radius 2 is 1.82 bits per heavy atom. The molecule has 0 aromatic rings. The van der Waals surface area contributed by atoms with Crippen molar-refractivity contribution in [1.82, 2.24) is 0 Å². The molecule has 2 N–H and O–H groups in total. The molecule has 5 heteroatoms. The van der Waals surface area contributed by atoms with Crippen molar-refractivity contribution in [1.29, 1.82) is 0 Å². The van der Waals surface area contributed by atoms with Crippen LogP contribution in [0.15, 0.2) is 0 Å². The lowest BCUT2D eigenvalue weighted by atomic mass is 10.1. The third kappa shape index (κ3) is 11.2. The summed E-state index contributed by atoms with van der Waals surface area (Å²) in [6.45, 7) is 2.20. The molecule has 0 saturated carbocycles. The number of aliphatic carboxylic acids is 1. The lowest BCUT2D eigenvalue weighted by molar-refractivity contribution is -0.143. The number of aliphatic hydroxyl groups excluding tert-OH is 1. The van der Waals surface area contributed by atoms with Gasteiger partial charge in [0.25, 0.3) is 0 Å². The fourth-order valence-corrected chi connectivity index (χ4v) is 1.54. The standard InChI is InChI=1S/C12H22O5/c1-2-17-12(16)8-6-4-3-5-7-10(13)9-11(14)15/h10,13H,2-9H2,1H3,(H,14,15). The highest BCUT2D eigenvalue weighted by atomic mass is 16.5. The Hall–Kier alpha value is -1.10. The molecule has 0 rings (SSSR count). The molecule has 0 fully saturated rings. The van der Waals surface area contributed by atoms with Crippen LogP contribution in [0.2, 0.25) is 0 Å². The minimum absolute atomic E-state index is 0.168. The number of carbonyl (C=O) groups is 2. The molecule has 0 heterocycles. The van der Waals surface area contributed by atoms with Gasteiger partial charge in [-0.1, -0.05) is 19.3 Å². The first kappa shape index (κ1) is 15.9. The monoisotopic (exact) mass is 246 g/mol. The molecule has 0 spiro atoms. The van der Waals surface area contributed by atoms with E-state index in [1.807, 2.05) is 0 Å². The first-order chi connectivity index (χ1) is 8.06. The smallest absolute Gasteiger partial charge is 0.305 e. The Morgan fingerprint density at radius 3 is 2.41 bits per heavy atom. The number of esters is 1. The molecule has 1 atom stereocenters. The molecule has 0 radical (unpaired) electrons. The maximum Gasteiger partial charge on any atom is 0.305 e. The summed E-state index contributed by atoms with van der Waals surface area (Å²) in [6, 6.07) is 0. The van der Waals surface area contributed by atoms with E-state index in [1.54, 1.807) is 6.92 Å². The van der Waals surface area contributed by atoms with E-state index < -0.39 is 12.1 Å². The third-order valence-electron chi connectivity index (χ3n) is 2.38. The van der Waals surface area contributed by atoms with Gasteiger partial charge in [0.2, 0.25) is 0 Å². The van der Waals surface area contributed by atoms with E-state index in [0.29, 0.717) is 19.4 Å². The summed E-state index contributed by atoms with van der Waals surface area (Å²) in [7, 11) is 0. The fourth-order valence-electron chi connectivity index (χ4n) is 1.54. The minimum Gasteiger partial charge on any atom is -0.481 e. The first-order valence-electron chi connectivity index (χ1n) is 6.11. The number of carboxylic acids is 1. The molecule has 100 valence electrons. The van der Waals surface area contributed by atoms with Crippen molar-refractivity contribution >= 4 is 11.9 Å². The van der Waals surface area contributed by atoms with Gasteiger partial charge in [-0.15, -0.1) is 0 Å². The highest BCUT2D eigenvalue weighted by molar-refractivity contribution is 5.69. The number of hydrogen-bond acceptors (Lipinski definition) is 4. The molecule has 0 bridgehead atoms. The second kappa shape index (κ2) is 10.1. The zero-order chi connectivity index (χ0) is 13.1. The molecule has 0 amide bonds. The highest BCUT2D eigenvalue weighted by Gasteiger charge is 2.08. The van der Waals surface area contributed by atoms with Crippen molar-refractivity contribution in [3.63, 3.8) is 0 Å². The molecular formula is C12H22O5. The van der Waals surface area contributed by atoms with E-state index in [-0.39, 0.29) is 12.4 Å². The van der Waals surface area contributed by atoms with Crippen molar-refractivity contribution < 1.29 is 24.5 Å². The minimum atomic E-state index is -0.972. The average Bonchev–Trinajstić information content (AvgIpc) is 2.22. The number of rotatable bonds is 10. The first-order valence-corrected chi connectivity index (χ1v) is 6.11. The summed E-state index contributed by atoms with van der Waals surface area (Å²) in [6.07, 6.45) is 3.37. The largest absolute Gasteiger partial charge is 0.481 e. The van der Waals surface area contributed by atoms with Crippen LogP contribution in [0.25, 0.3) is 0 Å². The van der Waals surface area contributed by atoms with Gasteiger partial charge < -0.3 is 14.9 Å². The highest BCUT2D eigenvalue weighted by Crippen LogP contribution is 2.09. The molecule has 0 saturated heterocycles. The normalized spacial score (nSPS) is 12.1. The van der Waals surface area contributed by atoms with Crippen LogP contribution in [-0.2, 0) is 14.3 Å². The van der Waals surface area contributed by atoms with E-state index in [1.165, 1.54) is 0 Å². The number of hydrogen-bond donors (Lipinski definition) is 2. The Balaban J connectivity index is 3.29. The van der Waals surface area contributed by atoms with Gasteiger partial charge in [0.05, 0.1) is 19.1 Å². The van der Waals surface area contributed by atoms with E-state index in [2.05, 4.69) is 0 Å². The van der Waals surface area contributed by atoms with Crippen LogP contribution in [0.4, 0.5) is 0 Å². The predicted octanol–water partition coefficient (Wildman–Crippen LogP) is 1.73. The fraction of sp³-hybridized carbons (Fsp3) is 0.833. The van der Waals surface area contributed by atoms with E-state index >= 15 is 0 Å². The van der Waals surface area contributed by atoms with Gasteiger partial charge in [-0.25, -0.2) is 0 Å². The topological polar surface area (TPSA) is 83.8 Å². The van der Waals surface area contributed by atoms with Crippen molar-refractivity contribution in [3.05, 3.63) is 0 Å². The Bertz CT molecular complexity index is 227. The second-order valence-electron chi connectivity index (χ2n) is 4.01. The summed E-state index contributed by atoms with van der Waals surface area (Å²) in [5.74, 6) is -1.14. The lowest BCUT2D eigenvalue weighted by Gasteiger charge is -2.07. The maximum absolute atomic E-state index is 11.0. The second-order valence-corrected chi connectivity index (χ2v) is 4.01. The number of unbranched alkanes of at least 4 members (excludes halogenated alkanes) is 3. The quantitative estimate of drug-likeness (QED) is 0.453. The Kier molecular flexibility index (Phi) is 9.43. The van der Waals surface area contributed by atoms with E-state index in [9.17, 15) is 14.7 Å². The Labute approximate surface area is 102 Å². The summed E-state index contributed by atoms with van der Waals surface area (Å²) >= 11 is 0. The van der Waals surface area contributed by atoms with Crippen molar-refractivity contribution in [3.8, 4) is 0 Å². The van der Waals surface area contributed by atoms with E-state index in [4.69, 9.17) is 9.84 Å². The molecule has 0 aliphatic rings. The molecule has 0 aromatic carbocycles. The van der Waals surface area contributed by atoms with Crippen LogP contribution in [0.1, 0.15) is 51.9 Å². The van der Waals surface area contributed by atoms with Crippen molar-refractivity contribution in [2.24, 2.45) is 0 Å². The zero-order valence-electron chi connectivity index (χ0n) is 10.4. The summed E-state index contributed by atoms with van der Waals surface area (Å²) in [4.78, 5) is 21.2. The summed E-state index contributed by atoms with van der Waals surface area (Å²) in [5.41, 5.74) is 0. The van der Waals surface area contributed by atoms with Gasteiger partial charge in [0, 0.05) is 6.42 Å². The SMILES string of the molecule is CCOC(=O)CCCCCCC(O)CC(=O)O. The number of ether oxygens (including phenoxy) is 1. The molecule has 5 nitrogen and oxygen atoms in total. The molecule has 0 aliphatic carbocycles. The molecule has 1 unspecified atom stereocenters. The number of carboxylic acid groups (broad SMARTS) is 1. The number of aliphatic hydroxyl groups is 1. The molecule has 17 heavy (non-hydrogen) atoms. The van der Waals surface area contributed by atoms with Crippen molar-refractivity contribution in [2.75, 3.05) is 6.61 Å². The molecular weight excluding hydrogens is 224 g/mol. The van der Waals surface area contributed by atoms with Gasteiger partial charge in [0.1, 0.15) is 0 Å². The van der Waals surface area contributed by atoms with Gasteiger partial charge >= 0.3 is 11.9 Å². The van der Waals surface area contributed by atoms with Gasteiger partial charge in [0.15, 0.2) is 0 Å². The van der Waals surface area contributed by atoms with Crippen LogP contribution in [0.3, 0.4) is 0 Å². The average molecular weight is 246 g/mol. The van der Waals surface area contributed by atoms with Gasteiger partial charge in [-0.05, 0) is 19.8 Å². The summed E-state index contributed by atoms with van der Waals surface area (Å²) < 4.78 is 4.79. The Morgan fingerprint density at radius 1 is 1.18 bits per heavy atom.